The van der Waals surface area contributed by atoms with Gasteiger partial charge in [-0.25, -0.2) is 0 Å². The quantitative estimate of drug-likeness (QED) is 0.864. The second-order valence-corrected chi connectivity index (χ2v) is 4.87. The van der Waals surface area contributed by atoms with E-state index in [1.54, 1.807) is 0 Å². The average Bonchev–Trinajstić information content (AvgIpc) is 2.98. The first-order valence-corrected chi connectivity index (χ1v) is 6.10. The van der Waals surface area contributed by atoms with Crippen LogP contribution in [0, 0.1) is 0 Å². The number of rotatable bonds is 4. The smallest absolute Gasteiger partial charge is 0.0320 e. The summed E-state index contributed by atoms with van der Waals surface area (Å²) in [5.74, 6) is 0. The summed E-state index contributed by atoms with van der Waals surface area (Å²) in [6, 6.07) is 9.90. The SMILES string of the molecule is CCC(NC1CC1)c1cccc(Br)c1. The van der Waals surface area contributed by atoms with E-state index in [2.05, 4.69) is 52.4 Å². The van der Waals surface area contributed by atoms with Crippen molar-refractivity contribution in [3.63, 3.8) is 0 Å². The Bertz CT molecular complexity index is 307. The molecule has 1 nitrogen and oxygen atoms in total. The number of hydrogen-bond donors (Lipinski definition) is 1. The Morgan fingerprint density at radius 3 is 2.86 bits per heavy atom. The van der Waals surface area contributed by atoms with E-state index in [0.717, 1.165) is 12.5 Å². The molecule has 2 heteroatoms. The molecule has 0 spiro atoms. The van der Waals surface area contributed by atoms with Crippen molar-refractivity contribution in [2.75, 3.05) is 0 Å². The van der Waals surface area contributed by atoms with Crippen LogP contribution in [0.3, 0.4) is 0 Å². The minimum atomic E-state index is 0.528. The monoisotopic (exact) mass is 253 g/mol. The molecule has 1 unspecified atom stereocenters. The Morgan fingerprint density at radius 2 is 2.29 bits per heavy atom. The third-order valence-electron chi connectivity index (χ3n) is 2.67. The van der Waals surface area contributed by atoms with Gasteiger partial charge >= 0.3 is 0 Å². The van der Waals surface area contributed by atoms with Crippen molar-refractivity contribution in [1.82, 2.24) is 5.32 Å². The highest BCUT2D eigenvalue weighted by Gasteiger charge is 2.24. The Labute approximate surface area is 94.0 Å². The van der Waals surface area contributed by atoms with Gasteiger partial charge in [0.1, 0.15) is 0 Å². The topological polar surface area (TPSA) is 12.0 Å². The first-order chi connectivity index (χ1) is 6.79. The van der Waals surface area contributed by atoms with Gasteiger partial charge in [-0.3, -0.25) is 0 Å². The summed E-state index contributed by atoms with van der Waals surface area (Å²) < 4.78 is 1.17. The fourth-order valence-corrected chi connectivity index (χ4v) is 2.12. The molecule has 1 fully saturated rings. The van der Waals surface area contributed by atoms with Crippen molar-refractivity contribution >= 4 is 15.9 Å². The van der Waals surface area contributed by atoms with Crippen molar-refractivity contribution in [2.45, 2.75) is 38.3 Å². The Kier molecular flexibility index (Phi) is 3.24. The highest BCUT2D eigenvalue weighted by molar-refractivity contribution is 9.10. The van der Waals surface area contributed by atoms with Gasteiger partial charge in [0.2, 0.25) is 0 Å². The fourth-order valence-electron chi connectivity index (χ4n) is 1.71. The Hall–Kier alpha value is -0.340. The molecular formula is C12H16BrN. The zero-order valence-corrected chi connectivity index (χ0v) is 10.0. The molecular weight excluding hydrogens is 238 g/mol. The maximum atomic E-state index is 3.66. The third-order valence-corrected chi connectivity index (χ3v) is 3.17. The van der Waals surface area contributed by atoms with Gasteiger partial charge < -0.3 is 5.32 Å². The molecule has 14 heavy (non-hydrogen) atoms. The first-order valence-electron chi connectivity index (χ1n) is 5.31. The summed E-state index contributed by atoms with van der Waals surface area (Å²) in [6.45, 7) is 2.24. The second kappa shape index (κ2) is 4.45. The van der Waals surface area contributed by atoms with Crippen molar-refractivity contribution in [1.29, 1.82) is 0 Å². The molecule has 1 saturated carbocycles. The van der Waals surface area contributed by atoms with E-state index in [0.29, 0.717) is 6.04 Å². The van der Waals surface area contributed by atoms with E-state index in [-0.39, 0.29) is 0 Å². The van der Waals surface area contributed by atoms with Gasteiger partial charge in [-0.05, 0) is 37.0 Å². The minimum Gasteiger partial charge on any atom is -0.307 e. The van der Waals surface area contributed by atoms with Crippen LogP contribution in [0.25, 0.3) is 0 Å². The number of benzene rings is 1. The molecule has 0 amide bonds. The zero-order valence-electron chi connectivity index (χ0n) is 8.46. The highest BCUT2D eigenvalue weighted by atomic mass is 79.9. The summed E-state index contributed by atoms with van der Waals surface area (Å²) in [6.07, 6.45) is 3.86. The van der Waals surface area contributed by atoms with Crippen LogP contribution in [-0.2, 0) is 0 Å². The standard InChI is InChI=1S/C12H16BrN/c1-2-12(14-11-6-7-11)9-4-3-5-10(13)8-9/h3-5,8,11-12,14H,2,6-7H2,1H3. The molecule has 2 rings (SSSR count). The molecule has 0 saturated heterocycles. The maximum absolute atomic E-state index is 3.66. The van der Waals surface area contributed by atoms with Crippen molar-refractivity contribution in [3.8, 4) is 0 Å². The molecule has 76 valence electrons. The largest absolute Gasteiger partial charge is 0.307 e. The molecule has 1 aromatic rings. The van der Waals surface area contributed by atoms with Gasteiger partial charge in [0, 0.05) is 16.6 Å². The molecule has 1 aliphatic carbocycles. The van der Waals surface area contributed by atoms with E-state index in [1.165, 1.54) is 22.9 Å². The van der Waals surface area contributed by atoms with Gasteiger partial charge in [0.05, 0.1) is 0 Å². The molecule has 0 heterocycles. The normalized spacial score (nSPS) is 18.1. The number of hydrogen-bond acceptors (Lipinski definition) is 1. The average molecular weight is 254 g/mol. The molecule has 0 aliphatic heterocycles. The highest BCUT2D eigenvalue weighted by Crippen LogP contribution is 2.27. The summed E-state index contributed by atoms with van der Waals surface area (Å²) in [5.41, 5.74) is 1.40. The Morgan fingerprint density at radius 1 is 1.50 bits per heavy atom. The lowest BCUT2D eigenvalue weighted by molar-refractivity contribution is 0.516. The van der Waals surface area contributed by atoms with Gasteiger partial charge in [-0.15, -0.1) is 0 Å². The fraction of sp³-hybridized carbons (Fsp3) is 0.500. The van der Waals surface area contributed by atoms with Crippen LogP contribution in [-0.4, -0.2) is 6.04 Å². The Balaban J connectivity index is 2.08. The molecule has 1 N–H and O–H groups in total. The van der Waals surface area contributed by atoms with Crippen LogP contribution >= 0.6 is 15.9 Å². The molecule has 0 radical (unpaired) electrons. The van der Waals surface area contributed by atoms with E-state index in [1.807, 2.05) is 0 Å². The van der Waals surface area contributed by atoms with Gasteiger partial charge in [-0.2, -0.15) is 0 Å². The van der Waals surface area contributed by atoms with Crippen LogP contribution in [0.5, 0.6) is 0 Å². The lowest BCUT2D eigenvalue weighted by Crippen LogP contribution is -2.22. The van der Waals surface area contributed by atoms with E-state index in [9.17, 15) is 0 Å². The molecule has 0 aromatic heterocycles. The van der Waals surface area contributed by atoms with Crippen LogP contribution in [0.15, 0.2) is 28.7 Å². The molecule has 1 atom stereocenters. The van der Waals surface area contributed by atoms with E-state index in [4.69, 9.17) is 0 Å². The van der Waals surface area contributed by atoms with Crippen LogP contribution in [0.4, 0.5) is 0 Å². The van der Waals surface area contributed by atoms with E-state index < -0.39 is 0 Å². The second-order valence-electron chi connectivity index (χ2n) is 3.96. The van der Waals surface area contributed by atoms with Crippen LogP contribution in [0.2, 0.25) is 0 Å². The summed E-state index contributed by atoms with van der Waals surface area (Å²) in [7, 11) is 0. The van der Waals surface area contributed by atoms with Crippen molar-refractivity contribution < 1.29 is 0 Å². The predicted molar refractivity (Wildman–Crippen MR) is 63.3 cm³/mol. The molecule has 1 aliphatic rings. The van der Waals surface area contributed by atoms with Crippen LogP contribution < -0.4 is 5.32 Å². The lowest BCUT2D eigenvalue weighted by Gasteiger charge is -2.17. The maximum Gasteiger partial charge on any atom is 0.0320 e. The van der Waals surface area contributed by atoms with Gasteiger partial charge in [0.25, 0.3) is 0 Å². The molecule has 1 aromatic carbocycles. The van der Waals surface area contributed by atoms with Gasteiger partial charge in [-0.1, -0.05) is 35.0 Å². The minimum absolute atomic E-state index is 0.528. The first kappa shape index (κ1) is 10.2. The summed E-state index contributed by atoms with van der Waals surface area (Å²) in [4.78, 5) is 0. The number of halogens is 1. The summed E-state index contributed by atoms with van der Waals surface area (Å²) in [5, 5.41) is 3.66. The molecule has 0 bridgehead atoms. The van der Waals surface area contributed by atoms with Crippen LogP contribution in [0.1, 0.15) is 37.8 Å². The van der Waals surface area contributed by atoms with Gasteiger partial charge in [0.15, 0.2) is 0 Å². The van der Waals surface area contributed by atoms with Crippen molar-refractivity contribution in [3.05, 3.63) is 34.3 Å². The van der Waals surface area contributed by atoms with Crippen molar-refractivity contribution in [2.24, 2.45) is 0 Å². The lowest BCUT2D eigenvalue weighted by atomic mass is 10.0. The third kappa shape index (κ3) is 2.58. The predicted octanol–water partition coefficient (Wildman–Crippen LogP) is 3.65. The van der Waals surface area contributed by atoms with E-state index >= 15 is 0 Å². The zero-order chi connectivity index (χ0) is 9.97. The number of nitrogens with one attached hydrogen (secondary N) is 1. The summed E-state index contributed by atoms with van der Waals surface area (Å²) >= 11 is 3.51.